The van der Waals surface area contributed by atoms with Gasteiger partial charge in [-0.15, -0.1) is 11.3 Å². The van der Waals surface area contributed by atoms with Crippen LogP contribution >= 0.6 is 11.3 Å². The molecule has 36 heavy (non-hydrogen) atoms. The molecule has 1 atom stereocenters. The second-order valence-corrected chi connectivity index (χ2v) is 11.0. The van der Waals surface area contributed by atoms with Crippen molar-refractivity contribution in [1.29, 1.82) is 0 Å². The normalized spacial score (nSPS) is 14.8. The van der Waals surface area contributed by atoms with Crippen LogP contribution in [0.25, 0.3) is 15.8 Å². The molecule has 3 aromatic rings. The molecule has 1 saturated heterocycles. The van der Waals surface area contributed by atoms with E-state index >= 15 is 0 Å². The van der Waals surface area contributed by atoms with Crippen molar-refractivity contribution in [2.75, 3.05) is 32.8 Å². The number of carbonyl (C=O) groups is 1. The van der Waals surface area contributed by atoms with Crippen molar-refractivity contribution in [3.63, 3.8) is 0 Å². The zero-order chi connectivity index (χ0) is 26.1. The van der Waals surface area contributed by atoms with E-state index in [0.717, 1.165) is 78.5 Å². The lowest BCUT2D eigenvalue weighted by Crippen LogP contribution is -2.37. The van der Waals surface area contributed by atoms with Crippen LogP contribution in [0.5, 0.6) is 0 Å². The number of allylic oxidation sites excluding steroid dienone is 2. The number of hydrogen-bond acceptors (Lipinski definition) is 4. The maximum Gasteiger partial charge on any atom is 0.209 e. The third kappa shape index (κ3) is 7.18. The maximum atomic E-state index is 13.4. The Morgan fingerprint density at radius 3 is 2.44 bits per heavy atom. The molecule has 1 fully saturated rings. The zero-order valence-corrected chi connectivity index (χ0v) is 23.9. The highest BCUT2D eigenvalue weighted by Crippen LogP contribution is 2.31. The smallest absolute Gasteiger partial charge is 0.209 e. The van der Waals surface area contributed by atoms with Crippen molar-refractivity contribution in [2.24, 2.45) is 5.92 Å². The number of rotatable bonds is 9. The van der Waals surface area contributed by atoms with Crippen LogP contribution in [0.15, 0.2) is 47.4 Å². The summed E-state index contributed by atoms with van der Waals surface area (Å²) in [6.45, 7) is 19.1. The lowest BCUT2D eigenvalue weighted by atomic mass is 9.92. The average molecular weight is 509 g/mol. The number of Topliss-reactive ketones (excluding diaryl/α,β-unsaturated/α-hetero) is 1. The SMILES string of the molecule is CCC(C)CCN1CCOCC1.CCCn1c(C(=O)C(=C(C)C)c2ccccc2C)cc2ccsc21. The number of fused-ring (bicyclic) bond motifs is 1. The van der Waals surface area contributed by atoms with E-state index in [9.17, 15) is 4.79 Å². The van der Waals surface area contributed by atoms with E-state index < -0.39 is 0 Å². The van der Waals surface area contributed by atoms with Crippen LogP contribution in [0.2, 0.25) is 0 Å². The van der Waals surface area contributed by atoms with Crippen molar-refractivity contribution < 1.29 is 9.53 Å². The highest BCUT2D eigenvalue weighted by Gasteiger charge is 2.22. The van der Waals surface area contributed by atoms with Crippen molar-refractivity contribution in [1.82, 2.24) is 9.47 Å². The Labute approximate surface area is 222 Å². The molecule has 1 aromatic carbocycles. The molecule has 3 heterocycles. The highest BCUT2D eigenvalue weighted by molar-refractivity contribution is 7.16. The Balaban J connectivity index is 0.000000253. The molecule has 0 amide bonds. The predicted octanol–water partition coefficient (Wildman–Crippen LogP) is 7.85. The summed E-state index contributed by atoms with van der Waals surface area (Å²) in [5.74, 6) is 1.01. The number of thiophene rings is 1. The van der Waals surface area contributed by atoms with Gasteiger partial charge in [-0.1, -0.05) is 57.0 Å². The molecule has 1 aliphatic heterocycles. The fourth-order valence-electron chi connectivity index (χ4n) is 4.64. The summed E-state index contributed by atoms with van der Waals surface area (Å²) in [6.07, 6.45) is 3.66. The van der Waals surface area contributed by atoms with Crippen molar-refractivity contribution in [2.45, 2.75) is 67.3 Å². The minimum Gasteiger partial charge on any atom is -0.379 e. The topological polar surface area (TPSA) is 34.5 Å². The van der Waals surface area contributed by atoms with Gasteiger partial charge in [0, 0.05) is 30.6 Å². The largest absolute Gasteiger partial charge is 0.379 e. The summed E-state index contributed by atoms with van der Waals surface area (Å²) in [6, 6.07) is 12.3. The van der Waals surface area contributed by atoms with Gasteiger partial charge in [-0.2, -0.15) is 0 Å². The standard InChI is InChI=1S/C21H23NOS.C10H21NO/c1-5-11-22-18(13-16-10-12-24-21(16)22)20(23)19(14(2)3)17-9-7-6-8-15(17)4;1-3-10(2)4-5-11-6-8-12-9-7-11/h6-10,12-13H,5,11H2,1-4H3;10H,3-9H2,1-2H3. The molecule has 0 radical (unpaired) electrons. The summed E-state index contributed by atoms with van der Waals surface area (Å²) >= 11 is 1.71. The third-order valence-corrected chi connectivity index (χ3v) is 8.01. The van der Waals surface area contributed by atoms with Gasteiger partial charge in [-0.05, 0) is 74.7 Å². The molecule has 1 unspecified atom stereocenters. The minimum atomic E-state index is 0.126. The van der Waals surface area contributed by atoms with Crippen LogP contribution < -0.4 is 0 Å². The molecule has 4 nitrogen and oxygen atoms in total. The van der Waals surface area contributed by atoms with Crippen LogP contribution in [0.1, 0.15) is 75.5 Å². The fraction of sp³-hybridized carbons (Fsp3) is 0.516. The molecular weight excluding hydrogens is 464 g/mol. The molecule has 0 saturated carbocycles. The van der Waals surface area contributed by atoms with Crippen molar-refractivity contribution in [3.05, 3.63) is 64.2 Å². The molecule has 0 spiro atoms. The van der Waals surface area contributed by atoms with E-state index in [0.29, 0.717) is 0 Å². The first kappa shape index (κ1) is 28.4. The summed E-state index contributed by atoms with van der Waals surface area (Å²) in [7, 11) is 0. The second kappa shape index (κ2) is 13.9. The fourth-order valence-corrected chi connectivity index (χ4v) is 5.56. The Morgan fingerprint density at radius 2 is 1.81 bits per heavy atom. The summed E-state index contributed by atoms with van der Waals surface area (Å²) in [4.78, 5) is 17.1. The van der Waals surface area contributed by atoms with Gasteiger partial charge in [0.05, 0.1) is 18.9 Å². The molecule has 0 N–H and O–H groups in total. The average Bonchev–Trinajstić information content (AvgIpc) is 3.47. The number of ether oxygens (including phenoxy) is 1. The molecule has 5 heteroatoms. The van der Waals surface area contributed by atoms with E-state index in [2.05, 4.69) is 54.7 Å². The zero-order valence-electron chi connectivity index (χ0n) is 23.1. The van der Waals surface area contributed by atoms with E-state index in [1.807, 2.05) is 38.1 Å². The van der Waals surface area contributed by atoms with Gasteiger partial charge in [-0.3, -0.25) is 9.69 Å². The molecule has 0 aliphatic carbocycles. The first-order chi connectivity index (χ1) is 17.4. The monoisotopic (exact) mass is 508 g/mol. The number of aromatic nitrogens is 1. The maximum absolute atomic E-state index is 13.4. The number of benzene rings is 1. The first-order valence-corrected chi connectivity index (χ1v) is 14.4. The number of hydrogen-bond donors (Lipinski definition) is 0. The van der Waals surface area contributed by atoms with Crippen LogP contribution in [0.4, 0.5) is 0 Å². The Bertz CT molecular complexity index is 1150. The van der Waals surface area contributed by atoms with Gasteiger partial charge in [0.15, 0.2) is 0 Å². The molecule has 1 aliphatic rings. The van der Waals surface area contributed by atoms with Crippen molar-refractivity contribution >= 4 is 32.9 Å². The van der Waals surface area contributed by atoms with Gasteiger partial charge in [0.2, 0.25) is 5.78 Å². The van der Waals surface area contributed by atoms with Crippen LogP contribution in [-0.2, 0) is 11.3 Å². The second-order valence-electron chi connectivity index (χ2n) is 10.1. The predicted molar refractivity (Wildman–Crippen MR) is 155 cm³/mol. The third-order valence-electron chi connectivity index (χ3n) is 7.06. The summed E-state index contributed by atoms with van der Waals surface area (Å²) < 4.78 is 7.48. The van der Waals surface area contributed by atoms with Crippen LogP contribution in [0, 0.1) is 12.8 Å². The highest BCUT2D eigenvalue weighted by atomic mass is 32.1. The van der Waals surface area contributed by atoms with E-state index in [-0.39, 0.29) is 5.78 Å². The van der Waals surface area contributed by atoms with E-state index in [1.54, 1.807) is 11.3 Å². The number of nitrogens with zero attached hydrogens (tertiary/aromatic N) is 2. The van der Waals surface area contributed by atoms with Gasteiger partial charge < -0.3 is 9.30 Å². The Hall–Kier alpha value is -2.21. The molecular formula is C31H44N2O2S. The minimum absolute atomic E-state index is 0.126. The number of morpholine rings is 1. The summed E-state index contributed by atoms with van der Waals surface area (Å²) in [5.41, 5.74) is 4.86. The summed E-state index contributed by atoms with van der Waals surface area (Å²) in [5, 5.41) is 3.25. The van der Waals surface area contributed by atoms with Gasteiger partial charge in [0.1, 0.15) is 4.83 Å². The van der Waals surface area contributed by atoms with Gasteiger partial charge in [-0.25, -0.2) is 0 Å². The molecule has 196 valence electrons. The Morgan fingerprint density at radius 1 is 1.08 bits per heavy atom. The lowest BCUT2D eigenvalue weighted by molar-refractivity contribution is 0.0356. The molecule has 2 aromatic heterocycles. The number of aryl methyl sites for hydroxylation is 2. The van der Waals surface area contributed by atoms with E-state index in [1.165, 1.54) is 24.2 Å². The van der Waals surface area contributed by atoms with E-state index in [4.69, 9.17) is 4.74 Å². The quantitative estimate of drug-likeness (QED) is 0.218. The molecule has 0 bridgehead atoms. The van der Waals surface area contributed by atoms with Crippen molar-refractivity contribution in [3.8, 4) is 0 Å². The lowest BCUT2D eigenvalue weighted by Gasteiger charge is -2.27. The first-order valence-electron chi connectivity index (χ1n) is 13.5. The van der Waals surface area contributed by atoms with Crippen LogP contribution in [0.3, 0.4) is 0 Å². The Kier molecular flexibility index (Phi) is 11.0. The number of ketones is 1. The molecule has 4 rings (SSSR count). The number of carbonyl (C=O) groups excluding carboxylic acids is 1. The van der Waals surface area contributed by atoms with Crippen LogP contribution in [-0.4, -0.2) is 48.1 Å². The van der Waals surface area contributed by atoms with Gasteiger partial charge >= 0.3 is 0 Å². The van der Waals surface area contributed by atoms with Gasteiger partial charge in [0.25, 0.3) is 0 Å².